The molecule has 3 rings (SSSR count). The van der Waals surface area contributed by atoms with E-state index in [0.717, 1.165) is 36.7 Å². The lowest BCUT2D eigenvalue weighted by atomic mass is 10.0. The minimum atomic E-state index is 0.551. The van der Waals surface area contributed by atoms with Crippen molar-refractivity contribution in [2.24, 2.45) is 5.92 Å². The molecule has 5 heteroatoms. The van der Waals surface area contributed by atoms with Crippen LogP contribution in [0, 0.1) is 5.92 Å². The largest absolute Gasteiger partial charge is 0.482 e. The zero-order chi connectivity index (χ0) is 12.5. The first-order valence-electron chi connectivity index (χ1n) is 6.20. The summed E-state index contributed by atoms with van der Waals surface area (Å²) in [5.74, 6) is 2.41. The Hall–Kier alpha value is -1.26. The van der Waals surface area contributed by atoms with Crippen molar-refractivity contribution in [3.63, 3.8) is 0 Å². The van der Waals surface area contributed by atoms with E-state index in [1.807, 2.05) is 22.6 Å². The van der Waals surface area contributed by atoms with Gasteiger partial charge in [-0.05, 0) is 37.6 Å². The smallest absolute Gasteiger partial charge is 0.199 e. The van der Waals surface area contributed by atoms with Crippen molar-refractivity contribution in [2.75, 3.05) is 20.2 Å². The third kappa shape index (κ3) is 1.95. The Morgan fingerprint density at radius 3 is 3.17 bits per heavy atom. The maximum Gasteiger partial charge on any atom is 0.199 e. The molecule has 4 nitrogen and oxygen atoms in total. The molecule has 0 bridgehead atoms. The van der Waals surface area contributed by atoms with Gasteiger partial charge in [0.1, 0.15) is 5.82 Å². The van der Waals surface area contributed by atoms with Crippen LogP contribution in [-0.4, -0.2) is 29.6 Å². The molecule has 1 aliphatic heterocycles. The maximum absolute atomic E-state index is 6.19. The zero-order valence-electron chi connectivity index (χ0n) is 10.3. The number of rotatable bonds is 3. The fourth-order valence-electron chi connectivity index (χ4n) is 2.58. The zero-order valence-corrected chi connectivity index (χ0v) is 11.1. The summed E-state index contributed by atoms with van der Waals surface area (Å²) in [4.78, 5) is 4.48. The van der Waals surface area contributed by atoms with E-state index in [2.05, 4.69) is 10.3 Å². The lowest BCUT2D eigenvalue weighted by Crippen LogP contribution is -2.12. The Bertz CT molecular complexity index is 561. The summed E-state index contributed by atoms with van der Waals surface area (Å²) in [6, 6.07) is 5.83. The number of ether oxygens (including phenoxy) is 1. The summed E-state index contributed by atoms with van der Waals surface area (Å²) >= 11 is 6.19. The molecule has 18 heavy (non-hydrogen) atoms. The molecule has 1 N–H and O–H groups in total. The number of nitrogens with zero attached hydrogens (tertiary/aromatic N) is 2. The number of fused-ring (bicyclic) bond motifs is 1. The molecule has 1 unspecified atom stereocenters. The van der Waals surface area contributed by atoms with Gasteiger partial charge in [-0.2, -0.15) is 0 Å². The van der Waals surface area contributed by atoms with Gasteiger partial charge in [0.15, 0.2) is 11.0 Å². The first kappa shape index (κ1) is 11.8. The summed E-state index contributed by atoms with van der Waals surface area (Å²) < 4.78 is 7.41. The van der Waals surface area contributed by atoms with Crippen LogP contribution >= 0.6 is 11.6 Å². The van der Waals surface area contributed by atoms with Crippen LogP contribution in [0.4, 0.5) is 0 Å². The van der Waals surface area contributed by atoms with Crippen LogP contribution in [0.3, 0.4) is 0 Å². The average molecular weight is 266 g/mol. The second kappa shape index (κ2) is 4.78. The minimum absolute atomic E-state index is 0.551. The first-order chi connectivity index (χ1) is 8.79. The minimum Gasteiger partial charge on any atom is -0.482 e. The van der Waals surface area contributed by atoms with E-state index in [9.17, 15) is 0 Å². The van der Waals surface area contributed by atoms with Crippen molar-refractivity contribution in [3.05, 3.63) is 29.2 Å². The molecule has 0 aromatic carbocycles. The molecule has 1 atom stereocenters. The number of nitrogens with one attached hydrogen (secondary N) is 1. The Labute approximate surface area is 111 Å². The molecule has 1 saturated heterocycles. The molecule has 96 valence electrons. The van der Waals surface area contributed by atoms with Crippen LogP contribution in [0.1, 0.15) is 12.2 Å². The third-order valence-electron chi connectivity index (χ3n) is 3.49. The molecular weight excluding hydrogens is 250 g/mol. The lowest BCUT2D eigenvalue weighted by molar-refractivity contribution is 0.388. The second-order valence-corrected chi connectivity index (χ2v) is 5.03. The molecule has 3 heterocycles. The van der Waals surface area contributed by atoms with Gasteiger partial charge in [-0.1, -0.05) is 17.7 Å². The van der Waals surface area contributed by atoms with Crippen molar-refractivity contribution in [1.82, 2.24) is 14.7 Å². The van der Waals surface area contributed by atoms with E-state index in [-0.39, 0.29) is 0 Å². The predicted molar refractivity (Wildman–Crippen MR) is 71.4 cm³/mol. The fourth-order valence-corrected chi connectivity index (χ4v) is 2.83. The average Bonchev–Trinajstić information content (AvgIpc) is 2.99. The summed E-state index contributed by atoms with van der Waals surface area (Å²) in [5.41, 5.74) is 0.914. The highest BCUT2D eigenvalue weighted by atomic mass is 35.5. The number of pyridine rings is 1. The quantitative estimate of drug-likeness (QED) is 0.924. The number of imidazole rings is 1. The molecule has 0 amide bonds. The number of methoxy groups -OCH3 is 1. The highest BCUT2D eigenvalue weighted by Gasteiger charge is 2.20. The van der Waals surface area contributed by atoms with E-state index >= 15 is 0 Å². The monoisotopic (exact) mass is 265 g/mol. The summed E-state index contributed by atoms with van der Waals surface area (Å²) in [7, 11) is 1.67. The van der Waals surface area contributed by atoms with E-state index in [0.29, 0.717) is 11.1 Å². The van der Waals surface area contributed by atoms with E-state index in [1.165, 1.54) is 6.42 Å². The Balaban J connectivity index is 2.04. The molecule has 0 radical (unpaired) electrons. The normalized spacial score (nSPS) is 19.6. The van der Waals surface area contributed by atoms with Crippen molar-refractivity contribution >= 4 is 17.1 Å². The fraction of sp³-hybridized carbons (Fsp3) is 0.462. The molecule has 0 aliphatic carbocycles. The molecular formula is C13H16ClN3O. The van der Waals surface area contributed by atoms with Crippen LogP contribution in [0.5, 0.6) is 5.88 Å². The highest BCUT2D eigenvalue weighted by Crippen LogP contribution is 2.26. The van der Waals surface area contributed by atoms with Gasteiger partial charge in [-0.3, -0.25) is 4.40 Å². The number of hydrogen-bond donors (Lipinski definition) is 1. The highest BCUT2D eigenvalue weighted by molar-refractivity contribution is 6.32. The lowest BCUT2D eigenvalue weighted by Gasteiger charge is -2.10. The van der Waals surface area contributed by atoms with Crippen LogP contribution in [-0.2, 0) is 6.42 Å². The Morgan fingerprint density at radius 2 is 2.44 bits per heavy atom. The Kier molecular flexibility index (Phi) is 3.14. The van der Waals surface area contributed by atoms with Gasteiger partial charge in [0.25, 0.3) is 0 Å². The van der Waals surface area contributed by atoms with Crippen LogP contribution in [0.15, 0.2) is 18.2 Å². The summed E-state index contributed by atoms with van der Waals surface area (Å²) in [6.07, 6.45) is 2.13. The summed E-state index contributed by atoms with van der Waals surface area (Å²) in [6.45, 7) is 2.15. The van der Waals surface area contributed by atoms with Gasteiger partial charge in [0.05, 0.1) is 12.6 Å². The number of aromatic nitrogens is 2. The van der Waals surface area contributed by atoms with Crippen molar-refractivity contribution < 1.29 is 4.74 Å². The molecule has 0 saturated carbocycles. The van der Waals surface area contributed by atoms with Gasteiger partial charge in [-0.25, -0.2) is 4.98 Å². The Morgan fingerprint density at radius 1 is 1.56 bits per heavy atom. The topological polar surface area (TPSA) is 38.6 Å². The maximum atomic E-state index is 6.19. The number of hydrogen-bond acceptors (Lipinski definition) is 3. The van der Waals surface area contributed by atoms with Gasteiger partial charge in [0.2, 0.25) is 0 Å². The van der Waals surface area contributed by atoms with Crippen LogP contribution in [0.2, 0.25) is 5.15 Å². The molecule has 2 aromatic rings. The van der Waals surface area contributed by atoms with Crippen molar-refractivity contribution in [1.29, 1.82) is 0 Å². The SMILES string of the molecule is COc1cccc2c(Cl)nc(CC3CCNC3)n12. The third-order valence-corrected chi connectivity index (χ3v) is 3.77. The van der Waals surface area contributed by atoms with E-state index in [4.69, 9.17) is 16.3 Å². The van der Waals surface area contributed by atoms with E-state index in [1.54, 1.807) is 7.11 Å². The first-order valence-corrected chi connectivity index (χ1v) is 6.58. The van der Waals surface area contributed by atoms with Crippen LogP contribution in [0.25, 0.3) is 5.52 Å². The van der Waals surface area contributed by atoms with Crippen LogP contribution < -0.4 is 10.1 Å². The van der Waals surface area contributed by atoms with Crippen molar-refractivity contribution in [3.8, 4) is 5.88 Å². The van der Waals surface area contributed by atoms with E-state index < -0.39 is 0 Å². The van der Waals surface area contributed by atoms with Gasteiger partial charge < -0.3 is 10.1 Å². The number of halogens is 1. The summed E-state index contributed by atoms with van der Waals surface area (Å²) in [5, 5.41) is 3.93. The predicted octanol–water partition coefficient (Wildman–Crippen LogP) is 2.15. The van der Waals surface area contributed by atoms with Gasteiger partial charge in [0, 0.05) is 6.42 Å². The van der Waals surface area contributed by atoms with Crippen molar-refractivity contribution in [2.45, 2.75) is 12.8 Å². The molecule has 2 aromatic heterocycles. The molecule has 1 fully saturated rings. The standard InChI is InChI=1S/C13H16ClN3O/c1-18-12-4-2-3-10-13(14)16-11(17(10)12)7-9-5-6-15-8-9/h2-4,9,15H,5-8H2,1H3. The van der Waals surface area contributed by atoms with Gasteiger partial charge in [-0.15, -0.1) is 0 Å². The molecule has 0 spiro atoms. The van der Waals surface area contributed by atoms with Gasteiger partial charge >= 0.3 is 0 Å². The molecule has 1 aliphatic rings. The second-order valence-electron chi connectivity index (χ2n) is 4.67.